The zero-order valence-electron chi connectivity index (χ0n) is 14.6. The summed E-state index contributed by atoms with van der Waals surface area (Å²) in [7, 11) is 1.54. The van der Waals surface area contributed by atoms with Gasteiger partial charge in [-0.3, -0.25) is 4.79 Å². The number of halogens is 1. The van der Waals surface area contributed by atoms with E-state index in [9.17, 15) is 4.79 Å². The molecule has 5 nitrogen and oxygen atoms in total. The van der Waals surface area contributed by atoms with E-state index in [2.05, 4.69) is 5.32 Å². The van der Waals surface area contributed by atoms with Crippen LogP contribution < -0.4 is 19.5 Å². The molecule has 0 saturated heterocycles. The Bertz CT molecular complexity index is 733. The lowest BCUT2D eigenvalue weighted by molar-refractivity contribution is 0.102. The van der Waals surface area contributed by atoms with Crippen molar-refractivity contribution in [1.29, 1.82) is 0 Å². The first-order valence-corrected chi connectivity index (χ1v) is 8.51. The first kappa shape index (κ1) is 18.9. The van der Waals surface area contributed by atoms with E-state index in [1.54, 1.807) is 36.4 Å². The van der Waals surface area contributed by atoms with Gasteiger partial charge in [0, 0.05) is 11.3 Å². The van der Waals surface area contributed by atoms with E-state index in [1.807, 2.05) is 13.8 Å². The third-order valence-corrected chi connectivity index (χ3v) is 3.67. The Morgan fingerprint density at radius 3 is 2.44 bits per heavy atom. The molecule has 0 heterocycles. The summed E-state index contributed by atoms with van der Waals surface area (Å²) in [5.74, 6) is 1.48. The Hall–Kier alpha value is -2.40. The van der Waals surface area contributed by atoms with Crippen molar-refractivity contribution in [3.05, 3.63) is 47.0 Å². The molecule has 0 aromatic heterocycles. The van der Waals surface area contributed by atoms with Crippen LogP contribution in [0.15, 0.2) is 36.4 Å². The molecule has 0 bridgehead atoms. The van der Waals surface area contributed by atoms with Gasteiger partial charge in [0.1, 0.15) is 5.75 Å². The Balaban J connectivity index is 2.18. The number of ether oxygens (including phenoxy) is 3. The molecule has 134 valence electrons. The first-order chi connectivity index (χ1) is 12.1. The van der Waals surface area contributed by atoms with Crippen LogP contribution >= 0.6 is 11.6 Å². The summed E-state index contributed by atoms with van der Waals surface area (Å²) in [6.45, 7) is 5.00. The van der Waals surface area contributed by atoms with Gasteiger partial charge in [0.2, 0.25) is 0 Å². The average molecular weight is 364 g/mol. The second-order valence-corrected chi connectivity index (χ2v) is 5.65. The summed E-state index contributed by atoms with van der Waals surface area (Å²) >= 11 is 6.08. The molecule has 0 aliphatic carbocycles. The van der Waals surface area contributed by atoms with Crippen LogP contribution in [0.4, 0.5) is 5.69 Å². The fourth-order valence-electron chi connectivity index (χ4n) is 2.20. The van der Waals surface area contributed by atoms with Gasteiger partial charge in [0.25, 0.3) is 5.91 Å². The summed E-state index contributed by atoms with van der Waals surface area (Å²) in [5, 5.41) is 3.24. The number of amides is 1. The molecule has 6 heteroatoms. The van der Waals surface area contributed by atoms with E-state index >= 15 is 0 Å². The van der Waals surface area contributed by atoms with Gasteiger partial charge in [-0.15, -0.1) is 0 Å². The van der Waals surface area contributed by atoms with Gasteiger partial charge in [0.05, 0.1) is 25.3 Å². The minimum Gasteiger partial charge on any atom is -0.495 e. The van der Waals surface area contributed by atoms with Gasteiger partial charge >= 0.3 is 0 Å². The van der Waals surface area contributed by atoms with Crippen LogP contribution in [0.2, 0.25) is 5.02 Å². The van der Waals surface area contributed by atoms with Gasteiger partial charge in [-0.05, 0) is 49.7 Å². The Kier molecular flexibility index (Phi) is 6.95. The highest BCUT2D eigenvalue weighted by Gasteiger charge is 2.13. The van der Waals surface area contributed by atoms with E-state index in [0.29, 0.717) is 46.7 Å². The Labute approximate surface area is 152 Å². The number of carbonyl (C=O) groups excluding carboxylic acids is 1. The quantitative estimate of drug-likeness (QED) is 0.732. The van der Waals surface area contributed by atoms with Crippen molar-refractivity contribution >= 4 is 23.2 Å². The number of carbonyl (C=O) groups is 1. The summed E-state index contributed by atoms with van der Waals surface area (Å²) in [4.78, 5) is 12.5. The van der Waals surface area contributed by atoms with Crippen LogP contribution in [0, 0.1) is 0 Å². The Morgan fingerprint density at radius 1 is 1.04 bits per heavy atom. The fourth-order valence-corrected chi connectivity index (χ4v) is 2.45. The van der Waals surface area contributed by atoms with Crippen LogP contribution in [0.1, 0.15) is 30.6 Å². The van der Waals surface area contributed by atoms with Crippen LogP contribution in [0.25, 0.3) is 0 Å². The molecule has 2 rings (SSSR count). The highest BCUT2D eigenvalue weighted by Crippen LogP contribution is 2.30. The molecule has 0 fully saturated rings. The molecule has 1 amide bonds. The number of nitrogens with one attached hydrogen (secondary N) is 1. The largest absolute Gasteiger partial charge is 0.495 e. The van der Waals surface area contributed by atoms with Crippen LogP contribution in [-0.2, 0) is 0 Å². The highest BCUT2D eigenvalue weighted by molar-refractivity contribution is 6.32. The molecule has 0 radical (unpaired) electrons. The minimum atomic E-state index is -0.260. The first-order valence-electron chi connectivity index (χ1n) is 8.13. The second-order valence-electron chi connectivity index (χ2n) is 5.25. The summed E-state index contributed by atoms with van der Waals surface area (Å²) in [6.07, 6.45) is 0.895. The van der Waals surface area contributed by atoms with E-state index in [4.69, 9.17) is 25.8 Å². The van der Waals surface area contributed by atoms with E-state index in [-0.39, 0.29) is 5.91 Å². The summed E-state index contributed by atoms with van der Waals surface area (Å²) in [5.41, 5.74) is 1.05. The van der Waals surface area contributed by atoms with Crippen molar-refractivity contribution in [1.82, 2.24) is 0 Å². The van der Waals surface area contributed by atoms with Gasteiger partial charge < -0.3 is 19.5 Å². The standard InChI is InChI=1S/C19H22ClNO4/c1-4-10-25-17-8-6-13(11-18(17)24-5-2)19(22)21-14-7-9-16(23-3)15(20)12-14/h6-9,11-12H,4-5,10H2,1-3H3,(H,21,22). The van der Waals surface area contributed by atoms with E-state index in [0.717, 1.165) is 6.42 Å². The molecule has 2 aromatic carbocycles. The number of methoxy groups -OCH3 is 1. The predicted molar refractivity (Wildman–Crippen MR) is 99.4 cm³/mol. The van der Waals surface area contributed by atoms with Crippen molar-refractivity contribution < 1.29 is 19.0 Å². The minimum absolute atomic E-state index is 0.260. The van der Waals surface area contributed by atoms with Gasteiger partial charge in [-0.25, -0.2) is 0 Å². The third kappa shape index (κ3) is 5.03. The predicted octanol–water partition coefficient (Wildman–Crippen LogP) is 4.79. The van der Waals surface area contributed by atoms with Crippen LogP contribution in [-0.4, -0.2) is 26.2 Å². The zero-order valence-corrected chi connectivity index (χ0v) is 15.4. The number of hydrogen-bond acceptors (Lipinski definition) is 4. The summed E-state index contributed by atoms with van der Waals surface area (Å²) < 4.78 is 16.3. The molecule has 0 atom stereocenters. The SMILES string of the molecule is CCCOc1ccc(C(=O)Nc2ccc(OC)c(Cl)c2)cc1OCC. The molecule has 0 saturated carbocycles. The lowest BCUT2D eigenvalue weighted by Gasteiger charge is -2.13. The molecule has 1 N–H and O–H groups in total. The molecule has 0 aliphatic heterocycles. The van der Waals surface area contributed by atoms with Crippen LogP contribution in [0.3, 0.4) is 0 Å². The number of anilines is 1. The normalized spacial score (nSPS) is 10.2. The lowest BCUT2D eigenvalue weighted by atomic mass is 10.1. The Morgan fingerprint density at radius 2 is 1.80 bits per heavy atom. The number of benzene rings is 2. The maximum Gasteiger partial charge on any atom is 0.255 e. The average Bonchev–Trinajstić information content (AvgIpc) is 2.61. The fraction of sp³-hybridized carbons (Fsp3) is 0.316. The van der Waals surface area contributed by atoms with Crippen molar-refractivity contribution in [2.75, 3.05) is 25.6 Å². The zero-order chi connectivity index (χ0) is 18.2. The topological polar surface area (TPSA) is 56.8 Å². The van der Waals surface area contributed by atoms with Gasteiger partial charge in [0.15, 0.2) is 11.5 Å². The maximum absolute atomic E-state index is 12.5. The maximum atomic E-state index is 12.5. The molecular weight excluding hydrogens is 342 g/mol. The van der Waals surface area contributed by atoms with Crippen molar-refractivity contribution in [3.8, 4) is 17.2 Å². The van der Waals surface area contributed by atoms with Crippen LogP contribution in [0.5, 0.6) is 17.2 Å². The second kappa shape index (κ2) is 9.18. The molecule has 0 unspecified atom stereocenters. The van der Waals surface area contributed by atoms with E-state index < -0.39 is 0 Å². The highest BCUT2D eigenvalue weighted by atomic mass is 35.5. The number of hydrogen-bond donors (Lipinski definition) is 1. The summed E-state index contributed by atoms with van der Waals surface area (Å²) in [6, 6.07) is 10.2. The smallest absolute Gasteiger partial charge is 0.255 e. The van der Waals surface area contributed by atoms with Crippen molar-refractivity contribution in [2.24, 2.45) is 0 Å². The van der Waals surface area contributed by atoms with Crippen molar-refractivity contribution in [3.63, 3.8) is 0 Å². The van der Waals surface area contributed by atoms with Gasteiger partial charge in [-0.1, -0.05) is 18.5 Å². The number of rotatable bonds is 8. The van der Waals surface area contributed by atoms with Gasteiger partial charge in [-0.2, -0.15) is 0 Å². The monoisotopic (exact) mass is 363 g/mol. The molecule has 0 spiro atoms. The molecular formula is C19H22ClNO4. The van der Waals surface area contributed by atoms with E-state index in [1.165, 1.54) is 7.11 Å². The third-order valence-electron chi connectivity index (χ3n) is 3.38. The lowest BCUT2D eigenvalue weighted by Crippen LogP contribution is -2.12. The molecule has 0 aliphatic rings. The molecule has 2 aromatic rings. The van der Waals surface area contributed by atoms with Crippen molar-refractivity contribution in [2.45, 2.75) is 20.3 Å². The molecule has 25 heavy (non-hydrogen) atoms.